The quantitative estimate of drug-likeness (QED) is 0.700. The van der Waals surface area contributed by atoms with E-state index in [9.17, 15) is 0 Å². The van der Waals surface area contributed by atoms with E-state index in [2.05, 4.69) is 24.1 Å². The van der Waals surface area contributed by atoms with Crippen LogP contribution in [-0.2, 0) is 4.74 Å². The number of hydrogen-bond donors (Lipinski definition) is 3. The summed E-state index contributed by atoms with van der Waals surface area (Å²) in [4.78, 5) is 4.20. The van der Waals surface area contributed by atoms with Gasteiger partial charge in [0.25, 0.3) is 0 Å². The number of aromatic nitrogens is 1. The molecule has 0 radical (unpaired) electrons. The summed E-state index contributed by atoms with van der Waals surface area (Å²) >= 11 is 0. The van der Waals surface area contributed by atoms with Crippen LogP contribution in [-0.4, -0.2) is 23.2 Å². The maximum atomic E-state index is 5.67. The van der Waals surface area contributed by atoms with Crippen molar-refractivity contribution in [3.8, 4) is 0 Å². The molecule has 2 heterocycles. The van der Waals surface area contributed by atoms with Gasteiger partial charge >= 0.3 is 0 Å². The number of pyridine rings is 1. The van der Waals surface area contributed by atoms with Crippen molar-refractivity contribution in [3.05, 3.63) is 12.1 Å². The molecule has 0 spiro atoms. The van der Waals surface area contributed by atoms with Crippen molar-refractivity contribution in [1.29, 1.82) is 0 Å². The van der Waals surface area contributed by atoms with Crippen LogP contribution in [0.2, 0.25) is 0 Å². The molecule has 2 unspecified atom stereocenters. The summed E-state index contributed by atoms with van der Waals surface area (Å²) in [7, 11) is 0. The van der Waals surface area contributed by atoms with Crippen LogP contribution < -0.4 is 16.8 Å². The molecule has 1 aromatic heterocycles. The number of hydrogen-bond acceptors (Lipinski definition) is 5. The number of nitrogen functional groups attached to an aromatic ring is 2. The summed E-state index contributed by atoms with van der Waals surface area (Å²) in [5.41, 5.74) is 11.7. The summed E-state index contributed by atoms with van der Waals surface area (Å²) < 4.78 is 5.55. The summed E-state index contributed by atoms with van der Waals surface area (Å²) in [5.74, 6) is 1.10. The van der Waals surface area contributed by atoms with Crippen molar-refractivity contribution >= 4 is 17.3 Å². The van der Waals surface area contributed by atoms with Crippen LogP contribution in [0.3, 0.4) is 0 Å². The van der Waals surface area contributed by atoms with E-state index >= 15 is 0 Å². The largest absolute Gasteiger partial charge is 0.396 e. The summed E-state index contributed by atoms with van der Waals surface area (Å²) in [6.07, 6.45) is 1.12. The van der Waals surface area contributed by atoms with Crippen LogP contribution in [0.1, 0.15) is 20.3 Å². The molecule has 0 amide bonds. The molecule has 1 fully saturated rings. The number of anilines is 3. The third-order valence-corrected chi connectivity index (χ3v) is 3.26. The summed E-state index contributed by atoms with van der Waals surface area (Å²) in [6.45, 7) is 4.95. The van der Waals surface area contributed by atoms with Gasteiger partial charge in [0.05, 0.1) is 17.3 Å². The van der Waals surface area contributed by atoms with Gasteiger partial charge in [0.15, 0.2) is 0 Å². The van der Waals surface area contributed by atoms with Gasteiger partial charge in [-0.3, -0.25) is 0 Å². The zero-order chi connectivity index (χ0) is 11.8. The van der Waals surface area contributed by atoms with E-state index < -0.39 is 0 Å². The minimum Gasteiger partial charge on any atom is -0.396 e. The lowest BCUT2D eigenvalue weighted by Gasteiger charge is -2.29. The molecular weight excluding hydrogens is 204 g/mol. The average molecular weight is 222 g/mol. The van der Waals surface area contributed by atoms with Gasteiger partial charge in [-0.1, -0.05) is 0 Å². The summed E-state index contributed by atoms with van der Waals surface area (Å²) in [5, 5.41) is 3.36. The molecule has 1 aliphatic heterocycles. The molecule has 5 N–H and O–H groups in total. The van der Waals surface area contributed by atoms with Gasteiger partial charge in [0.1, 0.15) is 11.6 Å². The van der Waals surface area contributed by atoms with Crippen molar-refractivity contribution in [2.75, 3.05) is 23.4 Å². The lowest BCUT2D eigenvalue weighted by Crippen LogP contribution is -2.41. The Kier molecular flexibility index (Phi) is 2.63. The molecule has 1 aromatic rings. The molecular formula is C11H18N4O. The fourth-order valence-corrected chi connectivity index (χ4v) is 1.85. The van der Waals surface area contributed by atoms with Gasteiger partial charge < -0.3 is 21.5 Å². The molecule has 88 valence electrons. The molecule has 2 rings (SSSR count). The van der Waals surface area contributed by atoms with Crippen molar-refractivity contribution < 1.29 is 4.74 Å². The molecule has 1 aliphatic rings. The van der Waals surface area contributed by atoms with Crippen molar-refractivity contribution in [2.24, 2.45) is 0 Å². The zero-order valence-corrected chi connectivity index (χ0v) is 9.66. The van der Waals surface area contributed by atoms with Gasteiger partial charge in [-0.05, 0) is 32.4 Å². The van der Waals surface area contributed by atoms with Crippen molar-refractivity contribution in [3.63, 3.8) is 0 Å². The highest BCUT2D eigenvalue weighted by atomic mass is 16.5. The number of nitrogens with two attached hydrogens (primary N) is 2. The Balaban J connectivity index is 2.17. The number of ether oxygens (including phenoxy) is 1. The summed E-state index contributed by atoms with van der Waals surface area (Å²) in [6, 6.07) is 3.59. The number of nitrogens with zero attached hydrogens (tertiary/aromatic N) is 1. The average Bonchev–Trinajstić information content (AvgIpc) is 2.53. The standard InChI is InChI=1S/C11H18N4O/c1-7-11(2,5-6-16-7)15-9-4-3-8(12)10(13)14-9/h3-4,7H,5-6,12H2,1-2H3,(H3,13,14,15). The Morgan fingerprint density at radius 3 is 2.81 bits per heavy atom. The first-order chi connectivity index (χ1) is 7.51. The Morgan fingerprint density at radius 2 is 2.25 bits per heavy atom. The van der Waals surface area contributed by atoms with Crippen molar-refractivity contribution in [2.45, 2.75) is 31.9 Å². The van der Waals surface area contributed by atoms with Gasteiger partial charge in [-0.15, -0.1) is 0 Å². The first-order valence-electron chi connectivity index (χ1n) is 5.43. The molecule has 1 saturated heterocycles. The van der Waals surface area contributed by atoms with E-state index in [1.54, 1.807) is 6.07 Å². The Morgan fingerprint density at radius 1 is 1.50 bits per heavy atom. The molecule has 0 aromatic carbocycles. The highest BCUT2D eigenvalue weighted by Gasteiger charge is 2.37. The van der Waals surface area contributed by atoms with Gasteiger partial charge in [-0.25, -0.2) is 4.98 Å². The van der Waals surface area contributed by atoms with E-state index in [0.717, 1.165) is 18.8 Å². The van der Waals surface area contributed by atoms with Crippen LogP contribution in [0.25, 0.3) is 0 Å². The molecule has 2 atom stereocenters. The number of rotatable bonds is 2. The zero-order valence-electron chi connectivity index (χ0n) is 9.66. The van der Waals surface area contributed by atoms with Crippen LogP contribution in [0.4, 0.5) is 17.3 Å². The monoisotopic (exact) mass is 222 g/mol. The normalized spacial score (nSPS) is 29.2. The van der Waals surface area contributed by atoms with E-state index in [0.29, 0.717) is 11.5 Å². The maximum Gasteiger partial charge on any atom is 0.149 e. The predicted octanol–water partition coefficient (Wildman–Crippen LogP) is 1.23. The van der Waals surface area contributed by atoms with Crippen LogP contribution >= 0.6 is 0 Å². The third-order valence-electron chi connectivity index (χ3n) is 3.26. The molecule has 0 saturated carbocycles. The fourth-order valence-electron chi connectivity index (χ4n) is 1.85. The number of nitrogens with one attached hydrogen (secondary N) is 1. The topological polar surface area (TPSA) is 86.2 Å². The lowest BCUT2D eigenvalue weighted by atomic mass is 9.95. The van der Waals surface area contributed by atoms with E-state index in [1.807, 2.05) is 6.07 Å². The minimum absolute atomic E-state index is 0.0877. The van der Waals surface area contributed by atoms with Crippen LogP contribution in [0, 0.1) is 0 Å². The van der Waals surface area contributed by atoms with Crippen molar-refractivity contribution in [1.82, 2.24) is 4.98 Å². The van der Waals surface area contributed by atoms with Crippen LogP contribution in [0.5, 0.6) is 0 Å². The van der Waals surface area contributed by atoms with Gasteiger partial charge in [-0.2, -0.15) is 0 Å². The minimum atomic E-state index is -0.0877. The first-order valence-corrected chi connectivity index (χ1v) is 5.43. The maximum absolute atomic E-state index is 5.67. The highest BCUT2D eigenvalue weighted by molar-refractivity contribution is 5.62. The fraction of sp³-hybridized carbons (Fsp3) is 0.545. The predicted molar refractivity (Wildman–Crippen MR) is 65.1 cm³/mol. The molecule has 0 bridgehead atoms. The first kappa shape index (κ1) is 11.0. The van der Waals surface area contributed by atoms with E-state index in [4.69, 9.17) is 16.2 Å². The van der Waals surface area contributed by atoms with E-state index in [1.165, 1.54) is 0 Å². The van der Waals surface area contributed by atoms with Gasteiger partial charge in [0.2, 0.25) is 0 Å². The molecule has 5 nitrogen and oxygen atoms in total. The Bertz CT molecular complexity index is 396. The molecule has 0 aliphatic carbocycles. The SMILES string of the molecule is CC1OCCC1(C)Nc1ccc(N)c(N)n1. The molecule has 5 heteroatoms. The molecule has 16 heavy (non-hydrogen) atoms. The second-order valence-corrected chi connectivity index (χ2v) is 4.48. The van der Waals surface area contributed by atoms with Crippen LogP contribution in [0.15, 0.2) is 12.1 Å². The van der Waals surface area contributed by atoms with E-state index in [-0.39, 0.29) is 11.6 Å². The second-order valence-electron chi connectivity index (χ2n) is 4.48. The smallest absolute Gasteiger partial charge is 0.149 e. The highest BCUT2D eigenvalue weighted by Crippen LogP contribution is 2.29. The second kappa shape index (κ2) is 3.83. The Hall–Kier alpha value is -1.49. The lowest BCUT2D eigenvalue weighted by molar-refractivity contribution is 0.105. The van der Waals surface area contributed by atoms with Gasteiger partial charge in [0, 0.05) is 6.61 Å². The Labute approximate surface area is 95.2 Å². The third kappa shape index (κ3) is 1.90.